The van der Waals surface area contributed by atoms with Crippen LogP contribution in [0, 0.1) is 10.5 Å². The van der Waals surface area contributed by atoms with Crippen molar-refractivity contribution in [3.05, 3.63) is 32.9 Å². The Morgan fingerprint density at radius 1 is 1.37 bits per heavy atom. The highest BCUT2D eigenvalue weighted by molar-refractivity contribution is 14.1. The van der Waals surface area contributed by atoms with Crippen molar-refractivity contribution in [1.29, 1.82) is 0 Å². The Kier molecular flexibility index (Phi) is 4.95. The summed E-state index contributed by atoms with van der Waals surface area (Å²) in [6.07, 6.45) is 0. The van der Waals surface area contributed by atoms with E-state index in [1.54, 1.807) is 26.8 Å². The zero-order valence-corrected chi connectivity index (χ0v) is 13.7. The molecule has 1 N–H and O–H groups in total. The number of amides is 1. The SMILES string of the molecule is CCN(C(=O)c1cccc(C)c1I)C(C)(C)C(=O)O. The molecule has 1 aromatic rings. The second kappa shape index (κ2) is 5.90. The molecule has 1 rings (SSSR count). The van der Waals surface area contributed by atoms with E-state index in [2.05, 4.69) is 22.6 Å². The molecule has 0 atom stereocenters. The number of hydrogen-bond donors (Lipinski definition) is 1. The molecule has 0 bridgehead atoms. The minimum absolute atomic E-state index is 0.247. The number of carbonyl (C=O) groups is 2. The molecule has 1 amide bonds. The Morgan fingerprint density at radius 2 is 1.95 bits per heavy atom. The summed E-state index contributed by atoms with van der Waals surface area (Å²) in [5.41, 5.74) is 0.339. The maximum Gasteiger partial charge on any atom is 0.329 e. The minimum Gasteiger partial charge on any atom is -0.480 e. The highest BCUT2D eigenvalue weighted by Gasteiger charge is 2.37. The molecular weight excluding hydrogens is 357 g/mol. The van der Waals surface area contributed by atoms with E-state index in [4.69, 9.17) is 0 Å². The van der Waals surface area contributed by atoms with Crippen molar-refractivity contribution in [1.82, 2.24) is 4.90 Å². The molecule has 0 fully saturated rings. The van der Waals surface area contributed by atoms with Crippen molar-refractivity contribution >= 4 is 34.5 Å². The van der Waals surface area contributed by atoms with Crippen LogP contribution in [-0.4, -0.2) is 34.0 Å². The highest BCUT2D eigenvalue weighted by Crippen LogP contribution is 2.23. The summed E-state index contributed by atoms with van der Waals surface area (Å²) in [4.78, 5) is 25.3. The zero-order chi connectivity index (χ0) is 14.8. The van der Waals surface area contributed by atoms with Gasteiger partial charge >= 0.3 is 5.97 Å². The van der Waals surface area contributed by atoms with E-state index in [1.165, 1.54) is 4.90 Å². The van der Waals surface area contributed by atoms with Gasteiger partial charge in [-0.2, -0.15) is 0 Å². The highest BCUT2D eigenvalue weighted by atomic mass is 127. The third-order valence-corrected chi connectivity index (χ3v) is 4.61. The number of rotatable bonds is 4. The number of benzene rings is 1. The third-order valence-electron chi connectivity index (χ3n) is 3.18. The fourth-order valence-electron chi connectivity index (χ4n) is 1.87. The Balaban J connectivity index is 3.24. The number of halogens is 1. The quantitative estimate of drug-likeness (QED) is 0.824. The maximum atomic E-state index is 12.6. The van der Waals surface area contributed by atoms with Gasteiger partial charge < -0.3 is 10.0 Å². The van der Waals surface area contributed by atoms with E-state index < -0.39 is 11.5 Å². The largest absolute Gasteiger partial charge is 0.480 e. The van der Waals surface area contributed by atoms with Crippen LogP contribution in [0.15, 0.2) is 18.2 Å². The molecule has 5 heteroatoms. The lowest BCUT2D eigenvalue weighted by molar-refractivity contribution is -0.147. The van der Waals surface area contributed by atoms with Gasteiger partial charge in [-0.05, 0) is 61.9 Å². The van der Waals surface area contributed by atoms with Crippen molar-refractivity contribution in [3.63, 3.8) is 0 Å². The van der Waals surface area contributed by atoms with Crippen LogP contribution in [0.5, 0.6) is 0 Å². The van der Waals surface area contributed by atoms with Gasteiger partial charge in [-0.15, -0.1) is 0 Å². The molecule has 0 heterocycles. The number of carbonyl (C=O) groups excluding carboxylic acids is 1. The first-order valence-corrected chi connectivity index (χ1v) is 7.11. The molecule has 0 aliphatic carbocycles. The zero-order valence-electron chi connectivity index (χ0n) is 11.5. The van der Waals surface area contributed by atoms with Crippen LogP contribution >= 0.6 is 22.6 Å². The molecule has 0 unspecified atom stereocenters. The van der Waals surface area contributed by atoms with Crippen molar-refractivity contribution in [2.75, 3.05) is 6.54 Å². The van der Waals surface area contributed by atoms with Gasteiger partial charge in [0.2, 0.25) is 0 Å². The second-order valence-electron chi connectivity index (χ2n) is 4.85. The van der Waals surface area contributed by atoms with Gasteiger partial charge in [0.05, 0.1) is 5.56 Å². The molecule has 0 aliphatic heterocycles. The Morgan fingerprint density at radius 3 is 2.42 bits per heavy atom. The number of aliphatic carboxylic acids is 1. The van der Waals surface area contributed by atoms with E-state index >= 15 is 0 Å². The predicted molar refractivity (Wildman–Crippen MR) is 82.3 cm³/mol. The average molecular weight is 375 g/mol. The number of carboxylic acids is 1. The normalized spacial score (nSPS) is 11.2. The first-order chi connectivity index (χ1) is 8.73. The summed E-state index contributed by atoms with van der Waals surface area (Å²) in [6.45, 7) is 7.14. The number of nitrogens with zero attached hydrogens (tertiary/aromatic N) is 1. The molecule has 4 nitrogen and oxygen atoms in total. The van der Waals surface area contributed by atoms with Crippen LogP contribution in [0.25, 0.3) is 0 Å². The number of aryl methyl sites for hydroxylation is 1. The molecule has 0 saturated heterocycles. The topological polar surface area (TPSA) is 57.6 Å². The lowest BCUT2D eigenvalue weighted by atomic mass is 10.0. The van der Waals surface area contributed by atoms with Crippen LogP contribution in [0.4, 0.5) is 0 Å². The summed E-state index contributed by atoms with van der Waals surface area (Å²) in [7, 11) is 0. The van der Waals surface area contributed by atoms with Gasteiger partial charge in [0.25, 0.3) is 5.91 Å². The minimum atomic E-state index is -1.22. The van der Waals surface area contributed by atoms with E-state index in [9.17, 15) is 14.7 Å². The van der Waals surface area contributed by atoms with Crippen molar-refractivity contribution in [3.8, 4) is 0 Å². The van der Waals surface area contributed by atoms with Gasteiger partial charge in [0.1, 0.15) is 5.54 Å². The maximum absolute atomic E-state index is 12.6. The molecule has 19 heavy (non-hydrogen) atoms. The standard InChI is InChI=1S/C14H18INO3/c1-5-16(14(3,4)13(18)19)12(17)10-8-6-7-9(2)11(10)15/h6-8H,5H2,1-4H3,(H,18,19). The van der Waals surface area contributed by atoms with E-state index in [-0.39, 0.29) is 5.91 Å². The van der Waals surface area contributed by atoms with Crippen LogP contribution in [0.3, 0.4) is 0 Å². The average Bonchev–Trinajstić information content (AvgIpc) is 2.32. The first-order valence-electron chi connectivity index (χ1n) is 6.04. The first kappa shape index (κ1) is 15.9. The smallest absolute Gasteiger partial charge is 0.329 e. The lowest BCUT2D eigenvalue weighted by Crippen LogP contribution is -2.53. The number of hydrogen-bond acceptors (Lipinski definition) is 2. The lowest BCUT2D eigenvalue weighted by Gasteiger charge is -2.34. The van der Waals surface area contributed by atoms with Crippen LogP contribution in [0.1, 0.15) is 36.7 Å². The Bertz CT molecular complexity index is 511. The summed E-state index contributed by atoms with van der Waals surface area (Å²) < 4.78 is 0.865. The number of carboxylic acid groups (broad SMARTS) is 1. The van der Waals surface area contributed by atoms with Crippen molar-refractivity contribution < 1.29 is 14.7 Å². The van der Waals surface area contributed by atoms with Crippen molar-refractivity contribution in [2.24, 2.45) is 0 Å². The van der Waals surface area contributed by atoms with Gasteiger partial charge in [0.15, 0.2) is 0 Å². The summed E-state index contributed by atoms with van der Waals surface area (Å²) in [5, 5.41) is 9.27. The van der Waals surface area contributed by atoms with Crippen molar-refractivity contribution in [2.45, 2.75) is 33.2 Å². The second-order valence-corrected chi connectivity index (χ2v) is 5.93. The molecule has 104 valence electrons. The van der Waals surface area contributed by atoms with E-state index in [0.717, 1.165) is 9.13 Å². The van der Waals surface area contributed by atoms with Gasteiger partial charge in [-0.1, -0.05) is 12.1 Å². The summed E-state index contributed by atoms with van der Waals surface area (Å²) in [6, 6.07) is 5.47. The molecule has 0 radical (unpaired) electrons. The Hall–Kier alpha value is -1.11. The fourth-order valence-corrected chi connectivity index (χ4v) is 2.46. The van der Waals surface area contributed by atoms with Crippen LogP contribution < -0.4 is 0 Å². The fraction of sp³-hybridized carbons (Fsp3) is 0.429. The van der Waals surface area contributed by atoms with Crippen LogP contribution in [0.2, 0.25) is 0 Å². The number of likely N-dealkylation sites (N-methyl/N-ethyl adjacent to an activating group) is 1. The Labute approximate surface area is 126 Å². The summed E-state index contributed by atoms with van der Waals surface area (Å²) in [5.74, 6) is -1.26. The molecule has 0 spiro atoms. The molecule has 1 aromatic carbocycles. The predicted octanol–water partition coefficient (Wildman–Crippen LogP) is 2.92. The molecule has 0 aromatic heterocycles. The van der Waals surface area contributed by atoms with Gasteiger partial charge in [0, 0.05) is 10.1 Å². The van der Waals surface area contributed by atoms with Gasteiger partial charge in [-0.25, -0.2) is 4.79 Å². The van der Waals surface area contributed by atoms with E-state index in [1.807, 2.05) is 19.1 Å². The summed E-state index contributed by atoms with van der Waals surface area (Å²) >= 11 is 2.12. The molecule has 0 saturated carbocycles. The molecule has 0 aliphatic rings. The third kappa shape index (κ3) is 3.08. The van der Waals surface area contributed by atoms with Crippen LogP contribution in [-0.2, 0) is 4.79 Å². The van der Waals surface area contributed by atoms with Gasteiger partial charge in [-0.3, -0.25) is 4.79 Å². The monoisotopic (exact) mass is 375 g/mol. The molecular formula is C14H18INO3. The van der Waals surface area contributed by atoms with E-state index in [0.29, 0.717) is 12.1 Å².